The van der Waals surface area contributed by atoms with E-state index in [0.29, 0.717) is 10.7 Å². The van der Waals surface area contributed by atoms with Gasteiger partial charge in [0.2, 0.25) is 0 Å². The van der Waals surface area contributed by atoms with E-state index in [0.717, 1.165) is 31.6 Å². The normalized spacial score (nSPS) is 24.0. The molecule has 4 nitrogen and oxygen atoms in total. The Morgan fingerprint density at radius 3 is 2.89 bits per heavy atom. The van der Waals surface area contributed by atoms with Crippen molar-refractivity contribution in [3.63, 3.8) is 0 Å². The average Bonchev–Trinajstić information content (AvgIpc) is 2.39. The molecule has 1 fully saturated rings. The summed E-state index contributed by atoms with van der Waals surface area (Å²) in [4.78, 5) is 6.91. The van der Waals surface area contributed by atoms with Crippen LogP contribution in [-0.2, 0) is 4.74 Å². The highest BCUT2D eigenvalue weighted by molar-refractivity contribution is 7.80. The summed E-state index contributed by atoms with van der Waals surface area (Å²) in [5, 5.41) is 0. The maximum absolute atomic E-state index is 5.59. The third-order valence-corrected chi connectivity index (χ3v) is 3.73. The second-order valence-electron chi connectivity index (χ2n) is 4.95. The lowest BCUT2D eigenvalue weighted by atomic mass is 9.94. The lowest BCUT2D eigenvalue weighted by molar-refractivity contribution is -0.00466. The highest BCUT2D eigenvalue weighted by Crippen LogP contribution is 2.27. The van der Waals surface area contributed by atoms with Crippen LogP contribution in [0.5, 0.6) is 0 Å². The Balaban J connectivity index is 2.14. The van der Waals surface area contributed by atoms with E-state index in [4.69, 9.17) is 22.7 Å². The fourth-order valence-electron chi connectivity index (χ4n) is 2.31. The Bertz CT molecular complexity index is 434. The number of methoxy groups -OCH3 is 1. The zero-order valence-corrected chi connectivity index (χ0v) is 11.7. The summed E-state index contributed by atoms with van der Waals surface area (Å²) in [6.07, 6.45) is 4.05. The zero-order valence-electron chi connectivity index (χ0n) is 10.8. The number of nitrogens with two attached hydrogens (primary N) is 1. The maximum Gasteiger partial charge on any atom is 0.122 e. The van der Waals surface area contributed by atoms with E-state index in [1.165, 1.54) is 0 Å². The average molecular weight is 265 g/mol. The van der Waals surface area contributed by atoms with Crippen molar-refractivity contribution in [1.82, 2.24) is 4.98 Å². The summed E-state index contributed by atoms with van der Waals surface area (Å²) in [5.41, 5.74) is 7.24. The van der Waals surface area contributed by atoms with Crippen molar-refractivity contribution < 1.29 is 4.74 Å². The molecular weight excluding hydrogens is 246 g/mol. The molecular formula is C13H19N3OS. The molecule has 1 aliphatic heterocycles. The van der Waals surface area contributed by atoms with E-state index in [2.05, 4.69) is 16.8 Å². The molecule has 0 aliphatic carbocycles. The van der Waals surface area contributed by atoms with E-state index in [9.17, 15) is 0 Å². The fourth-order valence-corrected chi connectivity index (χ4v) is 2.43. The third kappa shape index (κ3) is 2.79. The van der Waals surface area contributed by atoms with Crippen molar-refractivity contribution in [2.24, 2.45) is 5.73 Å². The highest BCUT2D eigenvalue weighted by Gasteiger charge is 2.30. The van der Waals surface area contributed by atoms with Crippen LogP contribution in [0.2, 0.25) is 0 Å². The molecule has 18 heavy (non-hydrogen) atoms. The Labute approximate surface area is 113 Å². The Hall–Kier alpha value is -1.20. The minimum Gasteiger partial charge on any atom is -0.388 e. The molecule has 2 rings (SSSR count). The predicted octanol–water partition coefficient (Wildman–Crippen LogP) is 1.72. The highest BCUT2D eigenvalue weighted by atomic mass is 32.1. The van der Waals surface area contributed by atoms with Gasteiger partial charge in [-0.1, -0.05) is 12.2 Å². The fraction of sp³-hybridized carbons (Fsp3) is 0.538. The number of anilines is 1. The van der Waals surface area contributed by atoms with Gasteiger partial charge in [-0.3, -0.25) is 4.98 Å². The predicted molar refractivity (Wildman–Crippen MR) is 77.0 cm³/mol. The number of nitrogens with zero attached hydrogens (tertiary/aromatic N) is 2. The second-order valence-corrected chi connectivity index (χ2v) is 5.38. The Morgan fingerprint density at radius 1 is 1.56 bits per heavy atom. The minimum absolute atomic E-state index is 0.0694. The smallest absolute Gasteiger partial charge is 0.122 e. The molecule has 0 saturated carbocycles. The van der Waals surface area contributed by atoms with Crippen LogP contribution in [0.15, 0.2) is 18.3 Å². The summed E-state index contributed by atoms with van der Waals surface area (Å²) in [6, 6.07) is 3.89. The number of ether oxygens (including phenoxy) is 1. The molecule has 0 radical (unpaired) electrons. The van der Waals surface area contributed by atoms with E-state index in [1.54, 1.807) is 7.11 Å². The number of hydrogen-bond donors (Lipinski definition) is 1. The van der Waals surface area contributed by atoms with Crippen LogP contribution >= 0.6 is 12.2 Å². The molecule has 0 aromatic carbocycles. The lowest BCUT2D eigenvalue weighted by Gasteiger charge is -2.40. The molecule has 0 spiro atoms. The molecule has 1 atom stereocenters. The van der Waals surface area contributed by atoms with Crippen molar-refractivity contribution in [3.05, 3.63) is 24.0 Å². The number of thiocarbonyl (C=S) groups is 1. The van der Waals surface area contributed by atoms with Gasteiger partial charge in [0.1, 0.15) is 4.99 Å². The standard InChI is InChI=1S/C13H19N3OS/c1-13(17-2)6-3-7-16(9-13)10-4-5-11(12(14)18)15-8-10/h4-5,8H,3,6-7,9H2,1-2H3,(H2,14,18). The molecule has 2 heterocycles. The molecule has 1 aromatic heterocycles. The lowest BCUT2D eigenvalue weighted by Crippen LogP contribution is -2.47. The topological polar surface area (TPSA) is 51.4 Å². The van der Waals surface area contributed by atoms with E-state index in [1.807, 2.05) is 18.3 Å². The molecule has 0 bridgehead atoms. The van der Waals surface area contributed by atoms with Gasteiger partial charge in [-0.05, 0) is 31.9 Å². The summed E-state index contributed by atoms with van der Waals surface area (Å²) in [7, 11) is 1.78. The van der Waals surface area contributed by atoms with Crippen LogP contribution in [0, 0.1) is 0 Å². The van der Waals surface area contributed by atoms with Crippen LogP contribution in [0.4, 0.5) is 5.69 Å². The first-order chi connectivity index (χ1) is 8.54. The number of piperidine rings is 1. The summed E-state index contributed by atoms with van der Waals surface area (Å²) >= 11 is 4.90. The van der Waals surface area contributed by atoms with Crippen molar-refractivity contribution in [2.45, 2.75) is 25.4 Å². The maximum atomic E-state index is 5.59. The Morgan fingerprint density at radius 2 is 2.33 bits per heavy atom. The summed E-state index contributed by atoms with van der Waals surface area (Å²) < 4.78 is 5.59. The van der Waals surface area contributed by atoms with E-state index < -0.39 is 0 Å². The van der Waals surface area contributed by atoms with Crippen LogP contribution in [0.1, 0.15) is 25.5 Å². The number of rotatable bonds is 3. The second kappa shape index (κ2) is 5.20. The number of pyridine rings is 1. The molecule has 1 saturated heterocycles. The molecule has 1 unspecified atom stereocenters. The Kier molecular flexibility index (Phi) is 3.82. The first kappa shape index (κ1) is 13.2. The van der Waals surface area contributed by atoms with Gasteiger partial charge in [0.15, 0.2) is 0 Å². The quantitative estimate of drug-likeness (QED) is 0.843. The van der Waals surface area contributed by atoms with Gasteiger partial charge in [0.05, 0.1) is 23.2 Å². The monoisotopic (exact) mass is 265 g/mol. The van der Waals surface area contributed by atoms with Gasteiger partial charge in [0.25, 0.3) is 0 Å². The minimum atomic E-state index is -0.0694. The van der Waals surface area contributed by atoms with Gasteiger partial charge in [-0.25, -0.2) is 0 Å². The van der Waals surface area contributed by atoms with Gasteiger partial charge < -0.3 is 15.4 Å². The van der Waals surface area contributed by atoms with E-state index >= 15 is 0 Å². The largest absolute Gasteiger partial charge is 0.388 e. The van der Waals surface area contributed by atoms with E-state index in [-0.39, 0.29) is 5.60 Å². The van der Waals surface area contributed by atoms with Crippen molar-refractivity contribution in [2.75, 3.05) is 25.1 Å². The van der Waals surface area contributed by atoms with Gasteiger partial charge in [-0.2, -0.15) is 0 Å². The molecule has 1 aromatic rings. The summed E-state index contributed by atoms with van der Waals surface area (Å²) in [5.74, 6) is 0. The van der Waals surface area contributed by atoms with Gasteiger partial charge in [0, 0.05) is 20.2 Å². The van der Waals surface area contributed by atoms with Crippen molar-refractivity contribution in [1.29, 1.82) is 0 Å². The van der Waals surface area contributed by atoms with Crippen molar-refractivity contribution >= 4 is 22.9 Å². The SMILES string of the molecule is COC1(C)CCCN(c2ccc(C(N)=S)nc2)C1. The van der Waals surface area contributed by atoms with Crippen LogP contribution in [0.25, 0.3) is 0 Å². The van der Waals surface area contributed by atoms with Gasteiger partial charge >= 0.3 is 0 Å². The molecule has 2 N–H and O–H groups in total. The van der Waals surface area contributed by atoms with Crippen LogP contribution in [0.3, 0.4) is 0 Å². The van der Waals surface area contributed by atoms with Crippen molar-refractivity contribution in [3.8, 4) is 0 Å². The van der Waals surface area contributed by atoms with Gasteiger partial charge in [-0.15, -0.1) is 0 Å². The first-order valence-corrected chi connectivity index (χ1v) is 6.51. The summed E-state index contributed by atoms with van der Waals surface area (Å²) in [6.45, 7) is 4.07. The molecule has 5 heteroatoms. The third-order valence-electron chi connectivity index (χ3n) is 3.52. The molecule has 1 aliphatic rings. The number of hydrogen-bond acceptors (Lipinski definition) is 4. The van der Waals surface area contributed by atoms with Crippen LogP contribution in [-0.4, -0.2) is 35.8 Å². The molecule has 0 amide bonds. The first-order valence-electron chi connectivity index (χ1n) is 6.10. The van der Waals surface area contributed by atoms with Crippen LogP contribution < -0.4 is 10.6 Å². The number of aromatic nitrogens is 1. The molecule has 98 valence electrons. The zero-order chi connectivity index (χ0) is 13.2.